The molecule has 2 rings (SSSR count). The molecule has 2 heterocycles. The summed E-state index contributed by atoms with van der Waals surface area (Å²) in [6.07, 6.45) is 5.26. The van der Waals surface area contributed by atoms with E-state index < -0.39 is 0 Å². The molecule has 2 unspecified atom stereocenters. The molecule has 0 aromatic heterocycles. The quantitative estimate of drug-likeness (QED) is 0.819. The maximum atomic E-state index is 12.7. The van der Waals surface area contributed by atoms with Gasteiger partial charge in [0.1, 0.15) is 6.26 Å². The molecule has 3 amide bonds. The van der Waals surface area contributed by atoms with Crippen LogP contribution in [0.2, 0.25) is 0 Å². The fourth-order valence-corrected chi connectivity index (χ4v) is 2.70. The highest BCUT2D eigenvalue weighted by Gasteiger charge is 2.40. The smallest absolute Gasteiger partial charge is 0.348 e. The summed E-state index contributed by atoms with van der Waals surface area (Å²) in [7, 11) is 0. The van der Waals surface area contributed by atoms with Crippen molar-refractivity contribution < 1.29 is 14.4 Å². The van der Waals surface area contributed by atoms with Gasteiger partial charge in [-0.3, -0.25) is 9.69 Å². The van der Waals surface area contributed by atoms with Crippen LogP contribution in [0, 0.1) is 5.92 Å². The van der Waals surface area contributed by atoms with Crippen molar-refractivity contribution in [1.82, 2.24) is 20.8 Å². The third-order valence-corrected chi connectivity index (χ3v) is 3.67. The molecule has 21 heavy (non-hydrogen) atoms. The lowest BCUT2D eigenvalue weighted by molar-refractivity contribution is -0.136. The average Bonchev–Trinajstić information content (AvgIpc) is 2.95. The highest BCUT2D eigenvalue weighted by atomic mass is 16.7. The molecule has 0 radical (unpaired) electrons. The van der Waals surface area contributed by atoms with Gasteiger partial charge in [0, 0.05) is 6.54 Å². The Balaban J connectivity index is 2.14. The highest BCUT2D eigenvalue weighted by molar-refractivity contribution is 5.98. The Morgan fingerprint density at radius 1 is 1.52 bits per heavy atom. The van der Waals surface area contributed by atoms with Crippen LogP contribution in [0.1, 0.15) is 40.0 Å². The first-order valence-corrected chi connectivity index (χ1v) is 7.52. The zero-order valence-corrected chi connectivity index (χ0v) is 12.8. The van der Waals surface area contributed by atoms with E-state index >= 15 is 0 Å². The molecule has 0 aromatic rings. The van der Waals surface area contributed by atoms with Gasteiger partial charge in [0.2, 0.25) is 5.91 Å². The normalized spacial score (nSPS) is 25.6. The fraction of sp³-hybridized carbons (Fsp3) is 0.714. The number of rotatable bonds is 4. The van der Waals surface area contributed by atoms with Gasteiger partial charge in [-0.25, -0.2) is 4.79 Å². The van der Waals surface area contributed by atoms with E-state index in [1.807, 2.05) is 6.92 Å². The van der Waals surface area contributed by atoms with Crippen LogP contribution in [0.4, 0.5) is 4.79 Å². The third-order valence-electron chi connectivity index (χ3n) is 3.67. The minimum atomic E-state index is -0.387. The molecule has 118 valence electrons. The van der Waals surface area contributed by atoms with Gasteiger partial charge in [-0.15, -0.1) is 0 Å². The number of nitrogens with one attached hydrogen (secondary N) is 2. The monoisotopic (exact) mass is 296 g/mol. The maximum absolute atomic E-state index is 12.7. The second kappa shape index (κ2) is 6.91. The van der Waals surface area contributed by atoms with Crippen molar-refractivity contribution in [1.29, 1.82) is 0 Å². The van der Waals surface area contributed by atoms with Gasteiger partial charge in [-0.1, -0.05) is 32.8 Å². The van der Waals surface area contributed by atoms with E-state index in [1.54, 1.807) is 0 Å². The number of hydrogen-bond donors (Lipinski definition) is 2. The Labute approximate surface area is 125 Å². The van der Waals surface area contributed by atoms with Crippen LogP contribution in [0.15, 0.2) is 12.5 Å². The number of hydrogen-bond acceptors (Lipinski definition) is 5. The number of carbonyl (C=O) groups excluding carboxylic acids is 2. The van der Waals surface area contributed by atoms with Crippen LogP contribution in [-0.4, -0.2) is 40.5 Å². The van der Waals surface area contributed by atoms with Crippen LogP contribution >= 0.6 is 0 Å². The molecule has 0 bridgehead atoms. The highest BCUT2D eigenvalue weighted by Crippen LogP contribution is 2.20. The molecule has 2 N–H and O–H groups in total. The first-order chi connectivity index (χ1) is 10.0. The van der Waals surface area contributed by atoms with Crippen molar-refractivity contribution in [3.05, 3.63) is 12.5 Å². The van der Waals surface area contributed by atoms with Gasteiger partial charge in [0.25, 0.3) is 0 Å². The largest absolute Gasteiger partial charge is 0.395 e. The Hall–Kier alpha value is -1.60. The average molecular weight is 296 g/mol. The lowest BCUT2D eigenvalue weighted by Crippen LogP contribution is -2.64. The standard InChI is InChI=1S/C14H24N4O3/c1-4-5-11-9-15-12(8-10(2)3)13(19)18(11)14(20)17-6-7-21-16-17/h6-7,10-12,15-16H,4-5,8-9H2,1-3H3. The SMILES string of the molecule is CCCC1CNC(CC(C)C)C(=O)N1C(=O)N1C=CON1. The molecule has 1 fully saturated rings. The second-order valence-electron chi connectivity index (χ2n) is 5.89. The molecule has 7 nitrogen and oxygen atoms in total. The minimum absolute atomic E-state index is 0.116. The Bertz CT molecular complexity index is 424. The molecule has 0 aliphatic carbocycles. The zero-order chi connectivity index (χ0) is 15.4. The Morgan fingerprint density at radius 2 is 2.29 bits per heavy atom. The van der Waals surface area contributed by atoms with Crippen molar-refractivity contribution in [3.8, 4) is 0 Å². The van der Waals surface area contributed by atoms with Crippen LogP contribution in [0.5, 0.6) is 0 Å². The van der Waals surface area contributed by atoms with Crippen LogP contribution in [0.25, 0.3) is 0 Å². The van der Waals surface area contributed by atoms with E-state index in [2.05, 4.69) is 24.8 Å². The fourth-order valence-electron chi connectivity index (χ4n) is 2.70. The molecule has 7 heteroatoms. The van der Waals surface area contributed by atoms with Crippen molar-refractivity contribution in [3.63, 3.8) is 0 Å². The predicted octanol–water partition coefficient (Wildman–Crippen LogP) is 1.34. The van der Waals surface area contributed by atoms with Crippen molar-refractivity contribution in [2.24, 2.45) is 5.92 Å². The van der Waals surface area contributed by atoms with E-state index in [0.717, 1.165) is 19.3 Å². The third kappa shape index (κ3) is 3.54. The van der Waals surface area contributed by atoms with Crippen LogP contribution in [-0.2, 0) is 9.63 Å². The topological polar surface area (TPSA) is 73.9 Å². The lowest BCUT2D eigenvalue weighted by Gasteiger charge is -2.39. The van der Waals surface area contributed by atoms with Crippen molar-refractivity contribution >= 4 is 11.9 Å². The van der Waals surface area contributed by atoms with Crippen LogP contribution < -0.4 is 10.9 Å². The first kappa shape index (κ1) is 15.8. The van der Waals surface area contributed by atoms with E-state index in [-0.39, 0.29) is 24.0 Å². The molecular formula is C14H24N4O3. The maximum Gasteiger partial charge on any atom is 0.348 e. The summed E-state index contributed by atoms with van der Waals surface area (Å²) in [6, 6.07) is -0.800. The number of imide groups is 1. The van der Waals surface area contributed by atoms with Crippen LogP contribution in [0.3, 0.4) is 0 Å². The summed E-state index contributed by atoms with van der Waals surface area (Å²) < 4.78 is 0. The summed E-state index contributed by atoms with van der Waals surface area (Å²) >= 11 is 0. The summed E-state index contributed by atoms with van der Waals surface area (Å²) in [6.45, 7) is 6.82. The number of amides is 3. The molecular weight excluding hydrogens is 272 g/mol. The molecule has 0 aromatic carbocycles. The van der Waals surface area contributed by atoms with Crippen molar-refractivity contribution in [2.45, 2.75) is 52.1 Å². The summed E-state index contributed by atoms with van der Waals surface area (Å²) in [4.78, 5) is 31.4. The number of urea groups is 1. The molecule has 0 saturated carbocycles. The predicted molar refractivity (Wildman–Crippen MR) is 77.4 cm³/mol. The molecule has 2 atom stereocenters. The first-order valence-electron chi connectivity index (χ1n) is 7.52. The van der Waals surface area contributed by atoms with E-state index in [1.165, 1.54) is 22.4 Å². The van der Waals surface area contributed by atoms with Gasteiger partial charge in [-0.2, -0.15) is 5.01 Å². The van der Waals surface area contributed by atoms with E-state index in [9.17, 15) is 9.59 Å². The summed E-state index contributed by atoms with van der Waals surface area (Å²) in [5, 5.41) is 4.47. The van der Waals surface area contributed by atoms with E-state index in [0.29, 0.717) is 12.5 Å². The van der Waals surface area contributed by atoms with Crippen molar-refractivity contribution in [2.75, 3.05) is 6.54 Å². The number of nitrogens with zero attached hydrogens (tertiary/aromatic N) is 2. The van der Waals surface area contributed by atoms with Gasteiger partial charge in [0.15, 0.2) is 0 Å². The van der Waals surface area contributed by atoms with Gasteiger partial charge >= 0.3 is 6.03 Å². The second-order valence-corrected chi connectivity index (χ2v) is 5.89. The lowest BCUT2D eigenvalue weighted by atomic mass is 9.97. The number of piperazine rings is 1. The number of carbonyl (C=O) groups is 2. The molecule has 2 aliphatic rings. The Kier molecular flexibility index (Phi) is 5.19. The zero-order valence-electron chi connectivity index (χ0n) is 12.8. The van der Waals surface area contributed by atoms with Gasteiger partial charge in [0.05, 0.1) is 18.3 Å². The molecule has 2 aliphatic heterocycles. The Morgan fingerprint density at radius 3 is 2.86 bits per heavy atom. The van der Waals surface area contributed by atoms with Gasteiger partial charge < -0.3 is 10.2 Å². The molecule has 1 saturated heterocycles. The van der Waals surface area contributed by atoms with E-state index in [4.69, 9.17) is 4.84 Å². The number of hydrazine groups is 1. The summed E-state index contributed by atoms with van der Waals surface area (Å²) in [5.41, 5.74) is 2.45. The van der Waals surface area contributed by atoms with Gasteiger partial charge in [-0.05, 0) is 18.8 Å². The molecule has 0 spiro atoms. The summed E-state index contributed by atoms with van der Waals surface area (Å²) in [5.74, 6) is 0.236. The minimum Gasteiger partial charge on any atom is -0.395 e.